The van der Waals surface area contributed by atoms with E-state index in [0.717, 1.165) is 22.6 Å². The Hall–Kier alpha value is -0.280. The van der Waals surface area contributed by atoms with Crippen LogP contribution in [0.15, 0.2) is 18.2 Å². The van der Waals surface area contributed by atoms with Crippen LogP contribution in [0.25, 0.3) is 0 Å². The van der Waals surface area contributed by atoms with E-state index >= 15 is 0 Å². The van der Waals surface area contributed by atoms with Crippen molar-refractivity contribution >= 4 is 24.0 Å². The van der Waals surface area contributed by atoms with Gasteiger partial charge in [-0.25, -0.2) is 0 Å². The van der Waals surface area contributed by atoms with Crippen LogP contribution >= 0.6 is 24.0 Å². The summed E-state index contributed by atoms with van der Waals surface area (Å²) in [5, 5.41) is 0.768. The van der Waals surface area contributed by atoms with Gasteiger partial charge in [-0.05, 0) is 37.1 Å². The monoisotopic (exact) mass is 234 g/mol. The van der Waals surface area contributed by atoms with Crippen LogP contribution < -0.4 is 11.5 Å². The number of benzene rings is 1. The molecule has 0 aliphatic heterocycles. The second-order valence-corrected chi connectivity index (χ2v) is 3.60. The van der Waals surface area contributed by atoms with Crippen LogP contribution in [-0.2, 0) is 0 Å². The van der Waals surface area contributed by atoms with Crippen molar-refractivity contribution in [2.45, 2.75) is 19.4 Å². The third kappa shape index (κ3) is 3.46. The van der Waals surface area contributed by atoms with Gasteiger partial charge in [-0.15, -0.1) is 12.4 Å². The summed E-state index contributed by atoms with van der Waals surface area (Å²) >= 11 is 5.97. The van der Waals surface area contributed by atoms with Crippen LogP contribution in [-0.4, -0.2) is 6.54 Å². The van der Waals surface area contributed by atoms with Gasteiger partial charge in [0.1, 0.15) is 0 Å². The fraction of sp³-hybridized carbons (Fsp3) is 0.400. The molecule has 0 heterocycles. The number of hydrogen-bond donors (Lipinski definition) is 2. The van der Waals surface area contributed by atoms with Crippen molar-refractivity contribution in [3.8, 4) is 0 Å². The largest absolute Gasteiger partial charge is 0.330 e. The van der Waals surface area contributed by atoms with Gasteiger partial charge in [-0.2, -0.15) is 0 Å². The van der Waals surface area contributed by atoms with Crippen molar-refractivity contribution in [1.29, 1.82) is 0 Å². The first-order valence-electron chi connectivity index (χ1n) is 4.37. The summed E-state index contributed by atoms with van der Waals surface area (Å²) in [5.74, 6) is 0. The van der Waals surface area contributed by atoms with E-state index in [1.54, 1.807) is 0 Å². The van der Waals surface area contributed by atoms with Gasteiger partial charge in [0.2, 0.25) is 0 Å². The molecule has 0 bridgehead atoms. The van der Waals surface area contributed by atoms with Crippen LogP contribution in [0.5, 0.6) is 0 Å². The van der Waals surface area contributed by atoms with E-state index in [2.05, 4.69) is 0 Å². The lowest BCUT2D eigenvalue weighted by molar-refractivity contribution is 0.661. The summed E-state index contributed by atoms with van der Waals surface area (Å²) < 4.78 is 0. The van der Waals surface area contributed by atoms with Gasteiger partial charge in [0.05, 0.1) is 0 Å². The Bertz CT molecular complexity index is 289. The third-order valence-corrected chi connectivity index (χ3v) is 2.51. The quantitative estimate of drug-likeness (QED) is 0.845. The molecule has 0 spiro atoms. The summed E-state index contributed by atoms with van der Waals surface area (Å²) in [6, 6.07) is 5.90. The zero-order valence-corrected chi connectivity index (χ0v) is 9.74. The van der Waals surface area contributed by atoms with Gasteiger partial charge >= 0.3 is 0 Å². The Morgan fingerprint density at radius 3 is 2.57 bits per heavy atom. The minimum absolute atomic E-state index is 0. The Morgan fingerprint density at radius 2 is 2.07 bits per heavy atom. The third-order valence-electron chi connectivity index (χ3n) is 2.10. The highest BCUT2D eigenvalue weighted by Crippen LogP contribution is 2.21. The number of rotatable bonds is 3. The molecule has 0 aliphatic rings. The summed E-state index contributed by atoms with van der Waals surface area (Å²) in [7, 11) is 0. The predicted octanol–water partition coefficient (Wildman–Crippen LogP) is 2.42. The Morgan fingerprint density at radius 1 is 1.43 bits per heavy atom. The lowest BCUT2D eigenvalue weighted by Gasteiger charge is -2.11. The molecule has 1 atom stereocenters. The van der Waals surface area contributed by atoms with Crippen molar-refractivity contribution < 1.29 is 0 Å². The zero-order valence-electron chi connectivity index (χ0n) is 8.16. The first-order chi connectivity index (χ1) is 6.15. The molecule has 4 heteroatoms. The number of nitrogens with two attached hydrogens (primary N) is 2. The normalized spacial score (nSPS) is 12.0. The highest BCUT2D eigenvalue weighted by Gasteiger charge is 2.05. The average Bonchev–Trinajstić information content (AvgIpc) is 2.10. The van der Waals surface area contributed by atoms with Crippen LogP contribution in [0.1, 0.15) is 23.6 Å². The molecule has 1 rings (SSSR count). The SMILES string of the molecule is Cc1ccc([C@@H](N)CCN)cc1Cl.Cl. The van der Waals surface area contributed by atoms with Gasteiger partial charge in [-0.1, -0.05) is 23.7 Å². The van der Waals surface area contributed by atoms with Crippen molar-refractivity contribution in [2.75, 3.05) is 6.54 Å². The highest BCUT2D eigenvalue weighted by atomic mass is 35.5. The molecule has 2 nitrogen and oxygen atoms in total. The highest BCUT2D eigenvalue weighted by molar-refractivity contribution is 6.31. The molecule has 0 fully saturated rings. The molecule has 1 aromatic rings. The van der Waals surface area contributed by atoms with E-state index in [1.807, 2.05) is 25.1 Å². The molecule has 0 saturated heterocycles. The Kier molecular flexibility index (Phi) is 6.12. The first kappa shape index (κ1) is 13.7. The minimum Gasteiger partial charge on any atom is -0.330 e. The minimum atomic E-state index is 0. The molecular weight excluding hydrogens is 219 g/mol. The molecule has 0 aromatic heterocycles. The molecule has 0 amide bonds. The fourth-order valence-electron chi connectivity index (χ4n) is 1.19. The van der Waals surface area contributed by atoms with Gasteiger partial charge in [-0.3, -0.25) is 0 Å². The fourth-order valence-corrected chi connectivity index (χ4v) is 1.37. The maximum absolute atomic E-state index is 5.97. The van der Waals surface area contributed by atoms with Crippen LogP contribution in [0.3, 0.4) is 0 Å². The van der Waals surface area contributed by atoms with Gasteiger partial charge in [0.25, 0.3) is 0 Å². The molecule has 0 aliphatic carbocycles. The second-order valence-electron chi connectivity index (χ2n) is 3.19. The van der Waals surface area contributed by atoms with Crippen molar-refractivity contribution in [2.24, 2.45) is 11.5 Å². The maximum Gasteiger partial charge on any atom is 0.0438 e. The van der Waals surface area contributed by atoms with E-state index in [4.69, 9.17) is 23.1 Å². The summed E-state index contributed by atoms with van der Waals surface area (Å²) in [5.41, 5.74) is 13.4. The molecule has 1 aromatic carbocycles. The van der Waals surface area contributed by atoms with Gasteiger partial charge in [0, 0.05) is 11.1 Å². The number of aryl methyl sites for hydroxylation is 1. The molecular formula is C10H16Cl2N2. The predicted molar refractivity (Wildman–Crippen MR) is 64.0 cm³/mol. The summed E-state index contributed by atoms with van der Waals surface area (Å²) in [4.78, 5) is 0. The van der Waals surface area contributed by atoms with Crippen LogP contribution in [0, 0.1) is 6.92 Å². The molecule has 0 unspecified atom stereocenters. The van der Waals surface area contributed by atoms with E-state index in [-0.39, 0.29) is 18.4 Å². The lowest BCUT2D eigenvalue weighted by atomic mass is 10.0. The molecule has 0 radical (unpaired) electrons. The van der Waals surface area contributed by atoms with Crippen molar-refractivity contribution in [1.82, 2.24) is 0 Å². The number of hydrogen-bond acceptors (Lipinski definition) is 2. The van der Waals surface area contributed by atoms with Crippen molar-refractivity contribution in [3.63, 3.8) is 0 Å². The summed E-state index contributed by atoms with van der Waals surface area (Å²) in [6.07, 6.45) is 0.791. The smallest absolute Gasteiger partial charge is 0.0438 e. The van der Waals surface area contributed by atoms with E-state index in [9.17, 15) is 0 Å². The summed E-state index contributed by atoms with van der Waals surface area (Å²) in [6.45, 7) is 2.58. The van der Waals surface area contributed by atoms with Crippen molar-refractivity contribution in [3.05, 3.63) is 34.3 Å². The first-order valence-corrected chi connectivity index (χ1v) is 4.74. The second kappa shape index (κ2) is 6.25. The van der Waals surface area contributed by atoms with Gasteiger partial charge < -0.3 is 11.5 Å². The van der Waals surface area contributed by atoms with E-state index in [0.29, 0.717) is 6.54 Å². The Labute approximate surface area is 96.0 Å². The zero-order chi connectivity index (χ0) is 9.84. The maximum atomic E-state index is 5.97. The molecule has 0 saturated carbocycles. The molecule has 80 valence electrons. The number of halogens is 2. The lowest BCUT2D eigenvalue weighted by Crippen LogP contribution is -2.15. The van der Waals surface area contributed by atoms with E-state index < -0.39 is 0 Å². The molecule has 4 N–H and O–H groups in total. The topological polar surface area (TPSA) is 52.0 Å². The molecule has 14 heavy (non-hydrogen) atoms. The van der Waals surface area contributed by atoms with E-state index in [1.165, 1.54) is 0 Å². The van der Waals surface area contributed by atoms with Crippen LogP contribution in [0.2, 0.25) is 5.02 Å². The Balaban J connectivity index is 0.00000169. The average molecular weight is 235 g/mol. The standard InChI is InChI=1S/C10H15ClN2.ClH/c1-7-2-3-8(6-9(7)11)10(13)4-5-12;/h2-3,6,10H,4-5,12-13H2,1H3;1H/t10-;/m0./s1. The van der Waals surface area contributed by atoms with Gasteiger partial charge in [0.15, 0.2) is 0 Å². The van der Waals surface area contributed by atoms with Crippen LogP contribution in [0.4, 0.5) is 0 Å².